The minimum absolute atomic E-state index is 0.0544. The number of hydrogen-bond donors (Lipinski definition) is 1. The van der Waals surface area contributed by atoms with Crippen LogP contribution >= 0.6 is 0 Å². The van der Waals surface area contributed by atoms with E-state index in [4.69, 9.17) is 5.73 Å². The Morgan fingerprint density at radius 3 is 2.62 bits per heavy atom. The second-order valence-corrected chi connectivity index (χ2v) is 4.26. The molecule has 5 heteroatoms. The lowest BCUT2D eigenvalue weighted by Gasteiger charge is -2.23. The summed E-state index contributed by atoms with van der Waals surface area (Å²) in [6.45, 7) is 0.308. The Labute approximate surface area is 94.2 Å². The molecule has 88 valence electrons. The topological polar surface area (TPSA) is 72.6 Å². The minimum Gasteiger partial charge on any atom is -0.466 e. The maximum atomic E-state index is 11.9. The van der Waals surface area contributed by atoms with Crippen molar-refractivity contribution in [3.8, 4) is 0 Å². The second kappa shape index (κ2) is 4.15. The van der Waals surface area contributed by atoms with Crippen LogP contribution in [0.4, 0.5) is 0 Å². The molecule has 0 aromatic carbocycles. The van der Waals surface area contributed by atoms with Crippen LogP contribution in [-0.4, -0.2) is 36.5 Å². The summed E-state index contributed by atoms with van der Waals surface area (Å²) in [4.78, 5) is 25.0. The summed E-state index contributed by atoms with van der Waals surface area (Å²) >= 11 is 0. The third-order valence-corrected chi connectivity index (χ3v) is 3.34. The number of nitrogens with two attached hydrogens (primary N) is 1. The van der Waals surface area contributed by atoms with Gasteiger partial charge in [0.2, 0.25) is 0 Å². The predicted molar refractivity (Wildman–Crippen MR) is 57.2 cm³/mol. The Hall–Kier alpha value is -1.52. The predicted octanol–water partition coefficient (Wildman–Crippen LogP) is 0.157. The highest BCUT2D eigenvalue weighted by atomic mass is 16.5. The summed E-state index contributed by atoms with van der Waals surface area (Å²) in [5, 5.41) is 0. The minimum atomic E-state index is -0.494. The van der Waals surface area contributed by atoms with Gasteiger partial charge in [-0.05, 0) is 12.8 Å². The molecule has 1 heterocycles. The molecule has 1 saturated carbocycles. The fraction of sp³-hybridized carbons (Fsp3) is 0.636. The van der Waals surface area contributed by atoms with E-state index in [2.05, 4.69) is 4.74 Å². The molecule has 2 aliphatic rings. The largest absolute Gasteiger partial charge is 0.466 e. The number of rotatable bonds is 2. The third kappa shape index (κ3) is 1.66. The van der Waals surface area contributed by atoms with Crippen LogP contribution in [0.2, 0.25) is 0 Å². The fourth-order valence-electron chi connectivity index (χ4n) is 2.42. The van der Waals surface area contributed by atoms with Gasteiger partial charge in [0, 0.05) is 6.04 Å². The van der Waals surface area contributed by atoms with Crippen LogP contribution in [0.5, 0.6) is 0 Å². The molecule has 0 aromatic heterocycles. The molecule has 1 fully saturated rings. The second-order valence-electron chi connectivity index (χ2n) is 4.26. The van der Waals surface area contributed by atoms with Gasteiger partial charge in [-0.1, -0.05) is 12.8 Å². The highest BCUT2D eigenvalue weighted by Gasteiger charge is 2.37. The van der Waals surface area contributed by atoms with Crippen molar-refractivity contribution in [3.63, 3.8) is 0 Å². The monoisotopic (exact) mass is 224 g/mol. The Balaban J connectivity index is 2.13. The first kappa shape index (κ1) is 11.0. The molecule has 5 nitrogen and oxygen atoms in total. The Bertz CT molecular complexity index is 356. The molecule has 0 aromatic rings. The maximum Gasteiger partial charge on any atom is 0.337 e. The van der Waals surface area contributed by atoms with Crippen LogP contribution in [0.3, 0.4) is 0 Å². The average molecular weight is 224 g/mol. The standard InChI is InChI=1S/C11H16N2O3/c1-16-11(15)8-6-13(10(14)9(8)12)7-4-2-3-5-7/h7H,2-6,12H2,1H3. The molecule has 2 rings (SSSR count). The molecule has 0 spiro atoms. The van der Waals surface area contributed by atoms with Crippen molar-refractivity contribution in [2.45, 2.75) is 31.7 Å². The van der Waals surface area contributed by atoms with Crippen molar-refractivity contribution in [2.75, 3.05) is 13.7 Å². The Morgan fingerprint density at radius 2 is 2.06 bits per heavy atom. The Kier molecular flexibility index (Phi) is 2.85. The Morgan fingerprint density at radius 1 is 1.44 bits per heavy atom. The molecule has 1 aliphatic carbocycles. The van der Waals surface area contributed by atoms with E-state index < -0.39 is 5.97 Å². The van der Waals surface area contributed by atoms with Crippen LogP contribution in [0.25, 0.3) is 0 Å². The zero-order valence-corrected chi connectivity index (χ0v) is 9.36. The van der Waals surface area contributed by atoms with E-state index in [-0.39, 0.29) is 17.6 Å². The summed E-state index contributed by atoms with van der Waals surface area (Å²) in [5.41, 5.74) is 6.00. The van der Waals surface area contributed by atoms with Gasteiger partial charge in [0.15, 0.2) is 0 Å². The molecule has 1 amide bonds. The van der Waals surface area contributed by atoms with E-state index in [1.165, 1.54) is 7.11 Å². The van der Waals surface area contributed by atoms with Gasteiger partial charge in [-0.3, -0.25) is 4.79 Å². The molecule has 0 saturated heterocycles. The molecule has 0 atom stereocenters. The van der Waals surface area contributed by atoms with Gasteiger partial charge >= 0.3 is 5.97 Å². The number of ether oxygens (including phenoxy) is 1. The first-order valence-electron chi connectivity index (χ1n) is 5.53. The van der Waals surface area contributed by atoms with Crippen molar-refractivity contribution in [3.05, 3.63) is 11.3 Å². The molecule has 16 heavy (non-hydrogen) atoms. The van der Waals surface area contributed by atoms with Gasteiger partial charge in [0.25, 0.3) is 5.91 Å². The summed E-state index contributed by atoms with van der Waals surface area (Å²) in [5.74, 6) is -0.710. The van der Waals surface area contributed by atoms with Crippen LogP contribution < -0.4 is 5.73 Å². The van der Waals surface area contributed by atoms with Gasteiger partial charge in [-0.2, -0.15) is 0 Å². The van der Waals surface area contributed by atoms with Gasteiger partial charge in [-0.15, -0.1) is 0 Å². The van der Waals surface area contributed by atoms with Crippen LogP contribution in [-0.2, 0) is 14.3 Å². The van der Waals surface area contributed by atoms with Crippen LogP contribution in [0.15, 0.2) is 11.3 Å². The molecule has 0 bridgehead atoms. The number of methoxy groups -OCH3 is 1. The number of hydrogen-bond acceptors (Lipinski definition) is 4. The molecular weight excluding hydrogens is 208 g/mol. The van der Waals surface area contributed by atoms with E-state index in [9.17, 15) is 9.59 Å². The smallest absolute Gasteiger partial charge is 0.337 e. The number of carbonyl (C=O) groups excluding carboxylic acids is 2. The quantitative estimate of drug-likeness (QED) is 0.678. The SMILES string of the molecule is COC(=O)C1=C(N)C(=O)N(C2CCCC2)C1. The number of esters is 1. The summed E-state index contributed by atoms with van der Waals surface area (Å²) in [7, 11) is 1.30. The summed E-state index contributed by atoms with van der Waals surface area (Å²) in [6, 6.07) is 0.244. The molecule has 1 aliphatic heterocycles. The molecule has 2 N–H and O–H groups in total. The lowest BCUT2D eigenvalue weighted by atomic mass is 10.2. The van der Waals surface area contributed by atoms with Crippen molar-refractivity contribution in [1.82, 2.24) is 4.90 Å². The lowest BCUT2D eigenvalue weighted by Crippen LogP contribution is -2.37. The fourth-order valence-corrected chi connectivity index (χ4v) is 2.42. The van der Waals surface area contributed by atoms with E-state index in [1.54, 1.807) is 4.90 Å². The van der Waals surface area contributed by atoms with Crippen LogP contribution in [0, 0.1) is 0 Å². The first-order chi connectivity index (χ1) is 7.65. The van der Waals surface area contributed by atoms with Crippen molar-refractivity contribution in [2.24, 2.45) is 5.73 Å². The number of carbonyl (C=O) groups is 2. The normalized spacial score (nSPS) is 22.1. The first-order valence-corrected chi connectivity index (χ1v) is 5.53. The lowest BCUT2D eigenvalue weighted by molar-refractivity contribution is -0.136. The third-order valence-electron chi connectivity index (χ3n) is 3.34. The van der Waals surface area contributed by atoms with E-state index >= 15 is 0 Å². The van der Waals surface area contributed by atoms with Gasteiger partial charge in [0.1, 0.15) is 5.70 Å². The molecular formula is C11H16N2O3. The van der Waals surface area contributed by atoms with Crippen molar-refractivity contribution >= 4 is 11.9 Å². The van der Waals surface area contributed by atoms with Crippen LogP contribution in [0.1, 0.15) is 25.7 Å². The summed E-state index contributed by atoms with van der Waals surface area (Å²) < 4.78 is 4.61. The van der Waals surface area contributed by atoms with Gasteiger partial charge in [0.05, 0.1) is 19.2 Å². The van der Waals surface area contributed by atoms with Crippen molar-refractivity contribution in [1.29, 1.82) is 0 Å². The van der Waals surface area contributed by atoms with Gasteiger partial charge < -0.3 is 15.4 Å². The zero-order chi connectivity index (χ0) is 11.7. The van der Waals surface area contributed by atoms with E-state index in [1.807, 2.05) is 0 Å². The average Bonchev–Trinajstić information content (AvgIpc) is 2.89. The highest BCUT2D eigenvalue weighted by molar-refractivity contribution is 6.06. The van der Waals surface area contributed by atoms with Crippen molar-refractivity contribution < 1.29 is 14.3 Å². The maximum absolute atomic E-state index is 11.9. The van der Waals surface area contributed by atoms with E-state index in [0.29, 0.717) is 12.1 Å². The highest BCUT2D eigenvalue weighted by Crippen LogP contribution is 2.28. The molecule has 0 unspecified atom stereocenters. The zero-order valence-electron chi connectivity index (χ0n) is 9.36. The molecule has 0 radical (unpaired) electrons. The number of amides is 1. The number of nitrogens with zero attached hydrogens (tertiary/aromatic N) is 1. The van der Waals surface area contributed by atoms with E-state index in [0.717, 1.165) is 25.7 Å². The summed E-state index contributed by atoms with van der Waals surface area (Å²) in [6.07, 6.45) is 4.30. The van der Waals surface area contributed by atoms with Gasteiger partial charge in [-0.25, -0.2) is 4.79 Å².